The van der Waals surface area contributed by atoms with Gasteiger partial charge in [-0.3, -0.25) is 13.8 Å². The highest BCUT2D eigenvalue weighted by molar-refractivity contribution is 7.88. The van der Waals surface area contributed by atoms with E-state index in [1.165, 1.54) is 6.20 Å². The summed E-state index contributed by atoms with van der Waals surface area (Å²) in [6.07, 6.45) is 3.11. The smallest absolute Gasteiger partial charge is 0.287 e. The number of benzene rings is 1. The van der Waals surface area contributed by atoms with Gasteiger partial charge in [-0.15, -0.1) is 0 Å². The monoisotopic (exact) mass is 549 g/mol. The van der Waals surface area contributed by atoms with E-state index in [0.717, 1.165) is 24.9 Å². The molecule has 0 bridgehead atoms. The van der Waals surface area contributed by atoms with Crippen LogP contribution in [-0.4, -0.2) is 91.8 Å². The molecule has 1 N–H and O–H groups in total. The van der Waals surface area contributed by atoms with Crippen LogP contribution in [0.1, 0.15) is 53.4 Å². The minimum atomic E-state index is -1.17. The van der Waals surface area contributed by atoms with Gasteiger partial charge in [0, 0.05) is 48.5 Å². The molecule has 0 saturated heterocycles. The summed E-state index contributed by atoms with van der Waals surface area (Å²) < 4.78 is 20.2. The highest BCUT2D eigenvalue weighted by Crippen LogP contribution is 2.46. The number of aromatic nitrogens is 2. The summed E-state index contributed by atoms with van der Waals surface area (Å²) in [5.74, 6) is -0.297. The van der Waals surface area contributed by atoms with Crippen molar-refractivity contribution in [3.63, 3.8) is 0 Å². The summed E-state index contributed by atoms with van der Waals surface area (Å²) in [5.41, 5.74) is 1.30. The molecular formula is C26H36ClN5O4S. The Kier molecular flexibility index (Phi) is 8.42. The first-order valence-corrected chi connectivity index (χ1v) is 14.1. The van der Waals surface area contributed by atoms with Crippen LogP contribution in [-0.2, 0) is 28.6 Å². The minimum Gasteiger partial charge on any atom is -0.379 e. The first-order chi connectivity index (χ1) is 17.5. The molecule has 0 radical (unpaired) electrons. The SMILES string of the molecule is CN(C)CCOCC(C)(C)S(=O)C1(CN2CCn3c(cnc3C(=O)NCc3ccc(Cl)cc3)C2=O)CC1. The van der Waals surface area contributed by atoms with Crippen molar-refractivity contribution in [2.24, 2.45) is 0 Å². The van der Waals surface area contributed by atoms with Gasteiger partial charge in [-0.1, -0.05) is 23.7 Å². The topological polar surface area (TPSA) is 96.8 Å². The maximum absolute atomic E-state index is 13.6. The van der Waals surface area contributed by atoms with Crippen molar-refractivity contribution in [3.8, 4) is 0 Å². The zero-order chi connectivity index (χ0) is 26.8. The molecule has 1 saturated carbocycles. The molecule has 2 aromatic rings. The molecule has 1 aromatic heterocycles. The number of amides is 2. The van der Waals surface area contributed by atoms with E-state index in [-0.39, 0.29) is 17.6 Å². The number of rotatable bonds is 12. The average Bonchev–Trinajstić information content (AvgIpc) is 3.51. The maximum atomic E-state index is 13.6. The van der Waals surface area contributed by atoms with Crippen LogP contribution in [0.25, 0.3) is 0 Å². The number of carbonyl (C=O) groups is 2. The summed E-state index contributed by atoms with van der Waals surface area (Å²) >= 11 is 5.92. The van der Waals surface area contributed by atoms with Gasteiger partial charge in [0.1, 0.15) is 5.69 Å². The third-order valence-corrected chi connectivity index (χ3v) is 9.54. The molecule has 1 aromatic carbocycles. The van der Waals surface area contributed by atoms with Crippen molar-refractivity contribution < 1.29 is 18.5 Å². The van der Waals surface area contributed by atoms with Gasteiger partial charge in [-0.25, -0.2) is 4.98 Å². The van der Waals surface area contributed by atoms with Crippen LogP contribution in [0, 0.1) is 0 Å². The van der Waals surface area contributed by atoms with Gasteiger partial charge >= 0.3 is 0 Å². The molecule has 4 rings (SSSR count). The van der Waals surface area contributed by atoms with E-state index in [0.29, 0.717) is 50.1 Å². The minimum absolute atomic E-state index is 0.182. The predicted molar refractivity (Wildman–Crippen MR) is 144 cm³/mol. The molecule has 2 heterocycles. The van der Waals surface area contributed by atoms with Crippen LogP contribution in [0.5, 0.6) is 0 Å². The van der Waals surface area contributed by atoms with Gasteiger partial charge < -0.3 is 24.4 Å². The summed E-state index contributed by atoms with van der Waals surface area (Å²) in [5, 5.41) is 3.49. The molecule has 1 fully saturated rings. The largest absolute Gasteiger partial charge is 0.379 e. The van der Waals surface area contributed by atoms with Gasteiger partial charge in [0.15, 0.2) is 5.82 Å². The second-order valence-electron chi connectivity index (χ2n) is 10.7. The molecule has 2 aliphatic rings. The number of hydrogen-bond donors (Lipinski definition) is 1. The van der Waals surface area contributed by atoms with Crippen LogP contribution < -0.4 is 5.32 Å². The Labute approximate surface area is 226 Å². The summed E-state index contributed by atoms with van der Waals surface area (Å²) in [6, 6.07) is 7.24. The molecule has 37 heavy (non-hydrogen) atoms. The molecule has 0 spiro atoms. The number of ether oxygens (including phenoxy) is 1. The first-order valence-electron chi connectivity index (χ1n) is 12.5. The summed E-state index contributed by atoms with van der Waals surface area (Å²) in [7, 11) is 2.81. The Hall–Kier alpha value is -2.27. The van der Waals surface area contributed by atoms with Crippen LogP contribution in [0.15, 0.2) is 30.5 Å². The van der Waals surface area contributed by atoms with Crippen LogP contribution >= 0.6 is 11.6 Å². The number of carbonyl (C=O) groups excluding carboxylic acids is 2. The van der Waals surface area contributed by atoms with Crippen molar-refractivity contribution >= 4 is 34.2 Å². The maximum Gasteiger partial charge on any atom is 0.287 e. The lowest BCUT2D eigenvalue weighted by Crippen LogP contribution is -2.49. The average molecular weight is 550 g/mol. The van der Waals surface area contributed by atoms with Crippen LogP contribution in [0.2, 0.25) is 5.02 Å². The molecule has 1 atom stereocenters. The van der Waals surface area contributed by atoms with Crippen molar-refractivity contribution in [3.05, 3.63) is 52.6 Å². The first kappa shape index (κ1) is 27.8. The van der Waals surface area contributed by atoms with Crippen LogP contribution in [0.3, 0.4) is 0 Å². The number of hydrogen-bond acceptors (Lipinski definition) is 6. The van der Waals surface area contributed by atoms with E-state index in [1.54, 1.807) is 21.6 Å². The number of nitrogens with zero attached hydrogens (tertiary/aromatic N) is 4. The van der Waals surface area contributed by atoms with Crippen LogP contribution in [0.4, 0.5) is 0 Å². The number of imidazole rings is 1. The molecule has 9 nitrogen and oxygen atoms in total. The zero-order valence-corrected chi connectivity index (χ0v) is 23.5. The van der Waals surface area contributed by atoms with Crippen molar-refractivity contribution in [2.45, 2.75) is 49.3 Å². The van der Waals surface area contributed by atoms with Gasteiger partial charge in [0.2, 0.25) is 0 Å². The Bertz CT molecular complexity index is 1160. The molecule has 1 aliphatic heterocycles. The van der Waals surface area contributed by atoms with E-state index in [9.17, 15) is 13.8 Å². The van der Waals surface area contributed by atoms with E-state index in [1.807, 2.05) is 45.0 Å². The van der Waals surface area contributed by atoms with E-state index >= 15 is 0 Å². The Morgan fingerprint density at radius 2 is 1.95 bits per heavy atom. The third-order valence-electron chi connectivity index (χ3n) is 6.84. The number of fused-ring (bicyclic) bond motifs is 1. The summed E-state index contributed by atoms with van der Waals surface area (Å²) in [4.78, 5) is 34.2. The normalized spacial score (nSPS) is 17.6. The molecule has 1 unspecified atom stereocenters. The van der Waals surface area contributed by atoms with Crippen molar-refractivity contribution in [2.75, 3.05) is 46.9 Å². The molecule has 11 heteroatoms. The summed E-state index contributed by atoms with van der Waals surface area (Å²) in [6.45, 7) is 7.43. The van der Waals surface area contributed by atoms with Crippen molar-refractivity contribution in [1.29, 1.82) is 0 Å². The quantitative estimate of drug-likeness (QED) is 0.409. The van der Waals surface area contributed by atoms with E-state index < -0.39 is 20.3 Å². The predicted octanol–water partition coefficient (Wildman–Crippen LogP) is 2.56. The molecular weight excluding hydrogens is 514 g/mol. The number of nitrogens with one attached hydrogen (secondary N) is 1. The standard InChI is InChI=1S/C26H36ClN5O4S/c1-25(2,18-36-14-13-30(3)4)37(35)26(9-10-26)17-31-11-12-32-21(24(31)34)16-28-22(32)23(33)29-15-19-5-7-20(27)8-6-19/h5-8,16H,9-15,17-18H2,1-4H3,(H,29,33). The Balaban J connectivity index is 1.36. The Morgan fingerprint density at radius 1 is 1.24 bits per heavy atom. The van der Waals surface area contributed by atoms with Gasteiger partial charge in [0.25, 0.3) is 11.8 Å². The fourth-order valence-corrected chi connectivity index (χ4v) is 6.78. The second kappa shape index (κ2) is 11.2. The lowest BCUT2D eigenvalue weighted by Gasteiger charge is -2.35. The van der Waals surface area contributed by atoms with E-state index in [4.69, 9.17) is 16.3 Å². The fraction of sp³-hybridized carbons (Fsp3) is 0.577. The highest BCUT2D eigenvalue weighted by Gasteiger charge is 2.55. The molecule has 1 aliphatic carbocycles. The highest BCUT2D eigenvalue weighted by atomic mass is 35.5. The second-order valence-corrected chi connectivity index (χ2v) is 13.7. The molecule has 2 amide bonds. The van der Waals surface area contributed by atoms with Gasteiger partial charge in [0.05, 0.1) is 28.9 Å². The lowest BCUT2D eigenvalue weighted by atomic mass is 10.2. The van der Waals surface area contributed by atoms with Gasteiger partial charge in [-0.2, -0.15) is 0 Å². The lowest BCUT2D eigenvalue weighted by molar-refractivity contribution is 0.0697. The fourth-order valence-electron chi connectivity index (χ4n) is 4.55. The molecule has 202 valence electrons. The number of likely N-dealkylation sites (N-methyl/N-ethyl adjacent to an activating group) is 1. The van der Waals surface area contributed by atoms with E-state index in [2.05, 4.69) is 10.3 Å². The van der Waals surface area contributed by atoms with Crippen molar-refractivity contribution in [1.82, 2.24) is 24.7 Å². The van der Waals surface area contributed by atoms with Gasteiger partial charge in [-0.05, 0) is 58.5 Å². The number of halogens is 1. The third kappa shape index (κ3) is 6.42. The Morgan fingerprint density at radius 3 is 2.59 bits per heavy atom. The zero-order valence-electron chi connectivity index (χ0n) is 22.0.